The van der Waals surface area contributed by atoms with Crippen LogP contribution in [0.25, 0.3) is 0 Å². The standard InChI is InChI=1S/C15H18N2O4/c1-21-15-6-7-16-8-11(15)9-17(14(15)20)12-4-2-10(3-5-12)13(18)19/h2-5,11,16H,6-9H2,1H3,(H,18,19)/t11-,15+/m0/s1. The number of ether oxygens (including phenoxy) is 1. The van der Waals surface area contributed by atoms with Crippen LogP contribution in [0.5, 0.6) is 0 Å². The van der Waals surface area contributed by atoms with Gasteiger partial charge < -0.3 is 20.1 Å². The number of methoxy groups -OCH3 is 1. The Morgan fingerprint density at radius 1 is 1.43 bits per heavy atom. The fourth-order valence-corrected chi connectivity index (χ4v) is 3.31. The van der Waals surface area contributed by atoms with Gasteiger partial charge in [0.05, 0.1) is 5.56 Å². The Morgan fingerprint density at radius 2 is 2.14 bits per heavy atom. The molecule has 6 nitrogen and oxygen atoms in total. The van der Waals surface area contributed by atoms with E-state index in [1.807, 2.05) is 0 Å². The maximum absolute atomic E-state index is 12.8. The normalized spacial score (nSPS) is 28.5. The molecule has 0 spiro atoms. The van der Waals surface area contributed by atoms with Crippen LogP contribution in [0.4, 0.5) is 5.69 Å². The summed E-state index contributed by atoms with van der Waals surface area (Å²) in [7, 11) is 1.59. The summed E-state index contributed by atoms with van der Waals surface area (Å²) in [6, 6.07) is 6.39. The topological polar surface area (TPSA) is 78.9 Å². The number of carbonyl (C=O) groups excluding carboxylic acids is 1. The van der Waals surface area contributed by atoms with Gasteiger partial charge in [0.2, 0.25) is 0 Å². The van der Waals surface area contributed by atoms with Crippen molar-refractivity contribution in [1.29, 1.82) is 0 Å². The number of benzene rings is 1. The average molecular weight is 290 g/mol. The molecule has 6 heteroatoms. The molecule has 21 heavy (non-hydrogen) atoms. The second-order valence-electron chi connectivity index (χ2n) is 5.51. The number of carboxylic acids is 1. The Hall–Kier alpha value is -1.92. The summed E-state index contributed by atoms with van der Waals surface area (Å²) in [4.78, 5) is 25.4. The average Bonchev–Trinajstić information content (AvgIpc) is 2.81. The van der Waals surface area contributed by atoms with Crippen LogP contribution in [0.2, 0.25) is 0 Å². The smallest absolute Gasteiger partial charge is 0.335 e. The van der Waals surface area contributed by atoms with Crippen molar-refractivity contribution in [2.45, 2.75) is 12.0 Å². The first-order valence-corrected chi connectivity index (χ1v) is 6.99. The Kier molecular flexibility index (Phi) is 3.43. The Labute approximate surface area is 122 Å². The second kappa shape index (κ2) is 5.13. The third-order valence-corrected chi connectivity index (χ3v) is 4.52. The van der Waals surface area contributed by atoms with Crippen LogP contribution < -0.4 is 10.2 Å². The molecule has 1 aromatic rings. The Bertz CT molecular complexity index is 572. The van der Waals surface area contributed by atoms with Crippen LogP contribution in [0, 0.1) is 5.92 Å². The van der Waals surface area contributed by atoms with Gasteiger partial charge in [0.1, 0.15) is 0 Å². The molecule has 2 saturated heterocycles. The minimum absolute atomic E-state index is 0.0282. The molecule has 3 rings (SSSR count). The van der Waals surface area contributed by atoms with Gasteiger partial charge in [-0.15, -0.1) is 0 Å². The van der Waals surface area contributed by atoms with E-state index in [0.29, 0.717) is 13.0 Å². The largest absolute Gasteiger partial charge is 0.478 e. The zero-order valence-electron chi connectivity index (χ0n) is 11.8. The molecule has 1 amide bonds. The molecule has 0 saturated carbocycles. The van der Waals surface area contributed by atoms with Gasteiger partial charge in [-0.1, -0.05) is 0 Å². The highest BCUT2D eigenvalue weighted by atomic mass is 16.5. The van der Waals surface area contributed by atoms with E-state index < -0.39 is 11.6 Å². The third kappa shape index (κ3) is 2.11. The fourth-order valence-electron chi connectivity index (χ4n) is 3.31. The van der Waals surface area contributed by atoms with Gasteiger partial charge in [0.15, 0.2) is 5.60 Å². The van der Waals surface area contributed by atoms with Gasteiger partial charge in [0, 0.05) is 31.8 Å². The van der Waals surface area contributed by atoms with Crippen molar-refractivity contribution in [3.63, 3.8) is 0 Å². The van der Waals surface area contributed by atoms with Crippen LogP contribution in [-0.2, 0) is 9.53 Å². The van der Waals surface area contributed by atoms with Gasteiger partial charge in [-0.05, 0) is 37.2 Å². The number of aromatic carboxylic acids is 1. The highest BCUT2D eigenvalue weighted by Gasteiger charge is 2.55. The van der Waals surface area contributed by atoms with Crippen molar-refractivity contribution in [3.8, 4) is 0 Å². The van der Waals surface area contributed by atoms with Crippen LogP contribution >= 0.6 is 0 Å². The molecule has 2 N–H and O–H groups in total. The Morgan fingerprint density at radius 3 is 2.71 bits per heavy atom. The van der Waals surface area contributed by atoms with Gasteiger partial charge in [-0.2, -0.15) is 0 Å². The molecule has 0 unspecified atom stereocenters. The molecule has 0 radical (unpaired) electrons. The fraction of sp³-hybridized carbons (Fsp3) is 0.467. The van der Waals surface area contributed by atoms with E-state index in [4.69, 9.17) is 9.84 Å². The highest BCUT2D eigenvalue weighted by Crippen LogP contribution is 2.39. The number of fused-ring (bicyclic) bond motifs is 1. The van der Waals surface area contributed by atoms with E-state index in [1.54, 1.807) is 24.1 Å². The van der Waals surface area contributed by atoms with Gasteiger partial charge in [-0.25, -0.2) is 4.79 Å². The number of piperidine rings is 1. The summed E-state index contributed by atoms with van der Waals surface area (Å²) in [5, 5.41) is 12.2. The maximum Gasteiger partial charge on any atom is 0.335 e. The molecule has 2 aliphatic rings. The molecular formula is C15H18N2O4. The lowest BCUT2D eigenvalue weighted by Gasteiger charge is -2.35. The number of carbonyl (C=O) groups is 2. The number of anilines is 1. The first-order chi connectivity index (χ1) is 10.1. The van der Waals surface area contributed by atoms with E-state index >= 15 is 0 Å². The number of nitrogens with one attached hydrogen (secondary N) is 1. The second-order valence-corrected chi connectivity index (χ2v) is 5.51. The maximum atomic E-state index is 12.8. The van der Waals surface area contributed by atoms with Gasteiger partial charge >= 0.3 is 5.97 Å². The number of amides is 1. The summed E-state index contributed by atoms with van der Waals surface area (Å²) < 4.78 is 5.60. The van der Waals surface area contributed by atoms with Gasteiger partial charge in [0.25, 0.3) is 5.91 Å². The quantitative estimate of drug-likeness (QED) is 0.858. The van der Waals surface area contributed by atoms with Crippen LogP contribution in [0.3, 0.4) is 0 Å². The summed E-state index contributed by atoms with van der Waals surface area (Å²) in [6.45, 7) is 2.11. The molecule has 2 heterocycles. The van der Waals surface area contributed by atoms with Crippen LogP contribution in [-0.4, -0.2) is 49.3 Å². The molecule has 112 valence electrons. The number of hydrogen-bond acceptors (Lipinski definition) is 4. The number of hydrogen-bond donors (Lipinski definition) is 2. The Balaban J connectivity index is 1.90. The lowest BCUT2D eigenvalue weighted by atomic mass is 9.84. The van der Waals surface area contributed by atoms with E-state index in [0.717, 1.165) is 18.8 Å². The van der Waals surface area contributed by atoms with Crippen molar-refractivity contribution in [3.05, 3.63) is 29.8 Å². The van der Waals surface area contributed by atoms with Crippen molar-refractivity contribution in [1.82, 2.24) is 5.32 Å². The van der Waals surface area contributed by atoms with Crippen molar-refractivity contribution in [2.75, 3.05) is 31.6 Å². The SMILES string of the molecule is CO[C@]12CCNC[C@H]1CN(c1ccc(C(=O)O)cc1)C2=O. The monoisotopic (exact) mass is 290 g/mol. The van der Waals surface area contributed by atoms with Crippen LogP contribution in [0.1, 0.15) is 16.8 Å². The van der Waals surface area contributed by atoms with Crippen molar-refractivity contribution < 1.29 is 19.4 Å². The van der Waals surface area contributed by atoms with Crippen LogP contribution in [0.15, 0.2) is 24.3 Å². The predicted molar refractivity (Wildman–Crippen MR) is 76.5 cm³/mol. The highest BCUT2D eigenvalue weighted by molar-refractivity contribution is 6.02. The van der Waals surface area contributed by atoms with E-state index in [2.05, 4.69) is 5.32 Å². The minimum atomic E-state index is -0.972. The summed E-state index contributed by atoms with van der Waals surface area (Å²) in [6.07, 6.45) is 0.663. The third-order valence-electron chi connectivity index (χ3n) is 4.52. The van der Waals surface area contributed by atoms with Gasteiger partial charge in [-0.3, -0.25) is 4.79 Å². The van der Waals surface area contributed by atoms with Crippen molar-refractivity contribution >= 4 is 17.6 Å². The summed E-state index contributed by atoms with van der Waals surface area (Å²) in [5.74, 6) is -0.886. The summed E-state index contributed by atoms with van der Waals surface area (Å²) in [5.41, 5.74) is 0.193. The molecule has 2 aliphatic heterocycles. The molecule has 1 aromatic carbocycles. The lowest BCUT2D eigenvalue weighted by molar-refractivity contribution is -0.143. The molecule has 0 aliphatic carbocycles. The number of rotatable bonds is 3. The molecule has 0 bridgehead atoms. The number of nitrogens with zero attached hydrogens (tertiary/aromatic N) is 1. The molecular weight excluding hydrogens is 272 g/mol. The lowest BCUT2D eigenvalue weighted by Crippen LogP contribution is -2.53. The molecule has 2 atom stereocenters. The minimum Gasteiger partial charge on any atom is -0.478 e. The zero-order chi connectivity index (χ0) is 15.0. The van der Waals surface area contributed by atoms with Crippen molar-refractivity contribution in [2.24, 2.45) is 5.92 Å². The predicted octanol–water partition coefficient (Wildman–Crippen LogP) is 0.726. The summed E-state index contributed by atoms with van der Waals surface area (Å²) >= 11 is 0. The molecule has 2 fully saturated rings. The number of carboxylic acid groups (broad SMARTS) is 1. The van der Waals surface area contributed by atoms with E-state index in [1.165, 1.54) is 12.1 Å². The van der Waals surface area contributed by atoms with E-state index in [9.17, 15) is 9.59 Å². The first-order valence-electron chi connectivity index (χ1n) is 6.99. The zero-order valence-corrected chi connectivity index (χ0v) is 11.8. The molecule has 0 aromatic heterocycles. The first kappa shape index (κ1) is 14.0. The van der Waals surface area contributed by atoms with E-state index in [-0.39, 0.29) is 17.4 Å².